The van der Waals surface area contributed by atoms with Crippen molar-refractivity contribution in [3.63, 3.8) is 0 Å². The van der Waals surface area contributed by atoms with E-state index in [1.54, 1.807) is 33.9 Å². The van der Waals surface area contributed by atoms with Gasteiger partial charge in [-0.1, -0.05) is 37.1 Å². The number of fused-ring (bicyclic) bond motifs is 2. The second-order valence-electron chi connectivity index (χ2n) is 12.5. The average molecular weight is 630 g/mol. The number of aliphatic hydroxyl groups excluding tert-OH is 1. The number of methoxy groups -OCH3 is 1. The molecule has 46 heavy (non-hydrogen) atoms. The van der Waals surface area contributed by atoms with Gasteiger partial charge in [0.15, 0.2) is 0 Å². The Labute approximate surface area is 270 Å². The second kappa shape index (κ2) is 12.9. The lowest BCUT2D eigenvalue weighted by Crippen LogP contribution is -2.56. The van der Waals surface area contributed by atoms with Crippen molar-refractivity contribution in [2.75, 3.05) is 49.8 Å². The van der Waals surface area contributed by atoms with Crippen molar-refractivity contribution in [3.8, 4) is 11.5 Å². The minimum Gasteiger partial charge on any atom is -0.497 e. The van der Waals surface area contributed by atoms with Gasteiger partial charge in [-0.05, 0) is 75.2 Å². The maximum absolute atomic E-state index is 14.7. The first-order chi connectivity index (χ1) is 22.3. The third kappa shape index (κ3) is 5.37. The summed E-state index contributed by atoms with van der Waals surface area (Å²) < 4.78 is 17.9. The molecule has 2 saturated heterocycles. The molecule has 10 nitrogen and oxygen atoms in total. The average Bonchev–Trinajstić information content (AvgIpc) is 3.32. The van der Waals surface area contributed by atoms with Gasteiger partial charge in [0.25, 0.3) is 5.91 Å². The number of hydrogen-bond acceptors (Lipinski definition) is 7. The molecule has 10 heteroatoms. The smallest absolute Gasteiger partial charge is 0.253 e. The van der Waals surface area contributed by atoms with E-state index in [0.717, 1.165) is 12.8 Å². The Morgan fingerprint density at radius 2 is 1.41 bits per heavy atom. The van der Waals surface area contributed by atoms with E-state index in [9.17, 15) is 19.5 Å². The van der Waals surface area contributed by atoms with Crippen molar-refractivity contribution in [2.24, 2.45) is 11.8 Å². The lowest BCUT2D eigenvalue weighted by molar-refractivity contribution is -0.144. The van der Waals surface area contributed by atoms with E-state index in [4.69, 9.17) is 14.2 Å². The molecule has 3 amide bonds. The molecular formula is C36H43N3O7. The van der Waals surface area contributed by atoms with Gasteiger partial charge in [-0.2, -0.15) is 0 Å². The maximum Gasteiger partial charge on any atom is 0.253 e. The largest absolute Gasteiger partial charge is 0.497 e. The highest BCUT2D eigenvalue weighted by molar-refractivity contribution is 6.07. The summed E-state index contributed by atoms with van der Waals surface area (Å²) in [5.74, 6) is -1.06. The Morgan fingerprint density at radius 3 is 2.04 bits per heavy atom. The van der Waals surface area contributed by atoms with Gasteiger partial charge in [-0.15, -0.1) is 0 Å². The second-order valence-corrected chi connectivity index (χ2v) is 12.5. The van der Waals surface area contributed by atoms with Crippen LogP contribution < -0.4 is 19.3 Å². The van der Waals surface area contributed by atoms with Crippen molar-refractivity contribution in [1.29, 1.82) is 0 Å². The molecule has 244 valence electrons. The van der Waals surface area contributed by atoms with Gasteiger partial charge in [0, 0.05) is 37.6 Å². The van der Waals surface area contributed by atoms with E-state index in [1.807, 2.05) is 74.5 Å². The number of unbranched alkanes of at least 4 members (excludes halogenated alkanes) is 3. The number of anilines is 2. The number of amides is 3. The topological polar surface area (TPSA) is 109 Å². The highest BCUT2D eigenvalue weighted by Gasteiger charge is 2.74. The van der Waals surface area contributed by atoms with E-state index < -0.39 is 29.1 Å². The number of hydrogen-bond donors (Lipinski definition) is 1. The zero-order valence-corrected chi connectivity index (χ0v) is 26.8. The van der Waals surface area contributed by atoms with Gasteiger partial charge in [-0.25, -0.2) is 0 Å². The molecule has 0 aliphatic carbocycles. The number of benzene rings is 2. The van der Waals surface area contributed by atoms with Crippen molar-refractivity contribution in [2.45, 2.75) is 56.8 Å². The summed E-state index contributed by atoms with van der Waals surface area (Å²) >= 11 is 0. The number of nitrogens with zero attached hydrogens (tertiary/aromatic N) is 3. The SMILES string of the molecule is CCOc1ccc(N2CC=C[C@]3(C)O[C@]45C=CCN(c6ccc(OC)cc6)C(=O)C4N(CCCCCCO)C(=O)[C@@H]5[C@@H]3C2=O)cc1. The van der Waals surface area contributed by atoms with Crippen LogP contribution in [0, 0.1) is 11.8 Å². The van der Waals surface area contributed by atoms with E-state index in [1.165, 1.54) is 0 Å². The Bertz CT molecular complexity index is 1510. The molecule has 2 fully saturated rings. The summed E-state index contributed by atoms with van der Waals surface area (Å²) in [7, 11) is 1.59. The first-order valence-electron chi connectivity index (χ1n) is 16.2. The Kier molecular flexibility index (Phi) is 8.94. The van der Waals surface area contributed by atoms with Crippen molar-refractivity contribution in [1.82, 2.24) is 4.90 Å². The van der Waals surface area contributed by atoms with Crippen LogP contribution in [0.5, 0.6) is 11.5 Å². The van der Waals surface area contributed by atoms with Gasteiger partial charge in [0.2, 0.25) is 11.8 Å². The van der Waals surface area contributed by atoms with Crippen LogP contribution in [-0.2, 0) is 19.1 Å². The molecule has 0 saturated carbocycles. The fraction of sp³-hybridized carbons (Fsp3) is 0.472. The van der Waals surface area contributed by atoms with Crippen molar-refractivity contribution < 1.29 is 33.7 Å². The van der Waals surface area contributed by atoms with E-state index in [-0.39, 0.29) is 24.3 Å². The fourth-order valence-electron chi connectivity index (χ4n) is 7.62. The molecule has 5 atom stereocenters. The lowest BCUT2D eigenvalue weighted by Gasteiger charge is -2.37. The number of carbonyl (C=O) groups excluding carboxylic acids is 3. The maximum atomic E-state index is 14.7. The Balaban J connectivity index is 1.39. The monoisotopic (exact) mass is 629 g/mol. The molecule has 2 aromatic carbocycles. The van der Waals surface area contributed by atoms with Crippen LogP contribution in [0.15, 0.2) is 72.8 Å². The summed E-state index contributed by atoms with van der Waals surface area (Å²) in [5, 5.41) is 9.25. The minimum atomic E-state index is -1.33. The van der Waals surface area contributed by atoms with Crippen LogP contribution in [0.4, 0.5) is 11.4 Å². The number of aliphatic hydroxyl groups is 1. The molecule has 4 aliphatic heterocycles. The number of rotatable bonds is 11. The zero-order valence-electron chi connectivity index (χ0n) is 26.8. The minimum absolute atomic E-state index is 0.116. The highest BCUT2D eigenvalue weighted by atomic mass is 16.5. The summed E-state index contributed by atoms with van der Waals surface area (Å²) in [4.78, 5) is 48.9. The predicted octanol–water partition coefficient (Wildman–Crippen LogP) is 4.12. The predicted molar refractivity (Wildman–Crippen MR) is 174 cm³/mol. The summed E-state index contributed by atoms with van der Waals surface area (Å²) in [6, 6.07) is 13.7. The van der Waals surface area contributed by atoms with Crippen LogP contribution in [0.25, 0.3) is 0 Å². The van der Waals surface area contributed by atoms with Crippen molar-refractivity contribution in [3.05, 3.63) is 72.8 Å². The van der Waals surface area contributed by atoms with Crippen molar-refractivity contribution >= 4 is 29.1 Å². The third-order valence-corrected chi connectivity index (χ3v) is 9.71. The molecule has 1 N–H and O–H groups in total. The van der Waals surface area contributed by atoms with Crippen LogP contribution in [-0.4, -0.2) is 84.9 Å². The molecule has 0 aromatic heterocycles. The Hall–Kier alpha value is -4.15. The van der Waals surface area contributed by atoms with E-state index in [2.05, 4.69) is 0 Å². The number of carbonyl (C=O) groups is 3. The van der Waals surface area contributed by atoms with Gasteiger partial charge >= 0.3 is 0 Å². The molecule has 2 aromatic rings. The summed E-state index contributed by atoms with van der Waals surface area (Å²) in [5.41, 5.74) is -1.06. The zero-order chi connectivity index (χ0) is 32.5. The van der Waals surface area contributed by atoms with Crippen LogP contribution in [0.1, 0.15) is 39.5 Å². The van der Waals surface area contributed by atoms with Gasteiger partial charge in [0.05, 0.1) is 31.2 Å². The number of likely N-dealkylation sites (tertiary alicyclic amines) is 1. The van der Waals surface area contributed by atoms with Gasteiger partial charge in [0.1, 0.15) is 23.1 Å². The molecule has 1 unspecified atom stereocenters. The first-order valence-corrected chi connectivity index (χ1v) is 16.2. The highest BCUT2D eigenvalue weighted by Crippen LogP contribution is 2.57. The molecular weight excluding hydrogens is 586 g/mol. The molecule has 0 bridgehead atoms. The normalized spacial score (nSPS) is 28.6. The standard InChI is InChI=1S/C36H43N3O7/c1-4-45-28-17-13-25(14-18-28)37-22-9-19-35(2)29(32(37)41)30-33(42)39(21-7-5-6-8-24-40)31-34(43)38(23-10-20-36(30,31)46-35)26-11-15-27(44-3)16-12-26/h9-20,29-31,40H,4-8,21-24H2,1-3H3/t29-,30+,31?,35+,36+/m1/s1. The molecule has 1 spiro atoms. The fourth-order valence-corrected chi connectivity index (χ4v) is 7.62. The van der Waals surface area contributed by atoms with E-state index >= 15 is 0 Å². The first kappa shape index (κ1) is 31.8. The Morgan fingerprint density at radius 1 is 0.804 bits per heavy atom. The molecule has 4 heterocycles. The van der Waals surface area contributed by atoms with Crippen LogP contribution >= 0.6 is 0 Å². The van der Waals surface area contributed by atoms with Crippen LogP contribution in [0.3, 0.4) is 0 Å². The molecule has 4 aliphatic rings. The van der Waals surface area contributed by atoms with E-state index in [0.29, 0.717) is 62.0 Å². The summed E-state index contributed by atoms with van der Waals surface area (Å²) in [6.45, 7) is 5.40. The lowest BCUT2D eigenvalue weighted by atomic mass is 9.74. The molecule has 6 rings (SSSR count). The molecule has 0 radical (unpaired) electrons. The van der Waals surface area contributed by atoms with Gasteiger partial charge in [-0.3, -0.25) is 14.4 Å². The van der Waals surface area contributed by atoms with Gasteiger partial charge < -0.3 is 34.0 Å². The summed E-state index contributed by atoms with van der Waals surface area (Å²) in [6.07, 6.45) is 10.5. The number of ether oxygens (including phenoxy) is 3. The third-order valence-electron chi connectivity index (χ3n) is 9.71. The quantitative estimate of drug-likeness (QED) is 0.294. The van der Waals surface area contributed by atoms with Crippen LogP contribution in [0.2, 0.25) is 0 Å².